The van der Waals surface area contributed by atoms with Crippen LogP contribution in [0.2, 0.25) is 0 Å². The Balaban J connectivity index is 1.36. The van der Waals surface area contributed by atoms with Crippen LogP contribution in [0.3, 0.4) is 0 Å². The highest BCUT2D eigenvalue weighted by Crippen LogP contribution is 2.60. The van der Waals surface area contributed by atoms with E-state index in [1.807, 2.05) is 24.3 Å². The minimum absolute atomic E-state index is 0.0244. The third-order valence-corrected chi connectivity index (χ3v) is 8.00. The molecule has 0 aliphatic heterocycles. The Morgan fingerprint density at radius 1 is 1.00 bits per heavy atom. The van der Waals surface area contributed by atoms with Crippen LogP contribution in [-0.2, 0) is 27.1 Å². The predicted octanol–water partition coefficient (Wildman–Crippen LogP) is 2.57. The highest BCUT2D eigenvalue weighted by molar-refractivity contribution is 7.88. The minimum Gasteiger partial charge on any atom is -0.352 e. The molecule has 5 rings (SSSR count). The molecule has 4 aliphatic rings. The summed E-state index contributed by atoms with van der Waals surface area (Å²) in [5, 5.41) is 3.17. The van der Waals surface area contributed by atoms with E-state index in [4.69, 9.17) is 0 Å². The molecule has 1 aromatic carbocycles. The summed E-state index contributed by atoms with van der Waals surface area (Å²) in [6.45, 7) is 0.514. The second kappa shape index (κ2) is 6.64. The van der Waals surface area contributed by atoms with Gasteiger partial charge in [-0.2, -0.15) is 0 Å². The number of sulfonamides is 1. The molecule has 26 heavy (non-hydrogen) atoms. The van der Waals surface area contributed by atoms with E-state index in [9.17, 15) is 13.2 Å². The number of rotatable bonds is 6. The quantitative estimate of drug-likeness (QED) is 0.801. The Hall–Kier alpha value is -1.40. The van der Waals surface area contributed by atoms with Crippen molar-refractivity contribution in [1.82, 2.24) is 10.0 Å². The van der Waals surface area contributed by atoms with E-state index < -0.39 is 10.0 Å². The molecule has 4 aliphatic carbocycles. The molecule has 1 amide bonds. The fourth-order valence-corrected chi connectivity index (χ4v) is 6.58. The summed E-state index contributed by atoms with van der Waals surface area (Å²) in [5.74, 6) is 2.50. The molecule has 0 spiro atoms. The van der Waals surface area contributed by atoms with Crippen molar-refractivity contribution in [2.24, 2.45) is 23.2 Å². The van der Waals surface area contributed by atoms with Gasteiger partial charge in [0.25, 0.3) is 0 Å². The van der Waals surface area contributed by atoms with Crippen molar-refractivity contribution in [1.29, 1.82) is 0 Å². The van der Waals surface area contributed by atoms with E-state index in [1.54, 1.807) is 0 Å². The van der Waals surface area contributed by atoms with Crippen LogP contribution >= 0.6 is 0 Å². The van der Waals surface area contributed by atoms with E-state index in [1.165, 1.54) is 26.3 Å². The Kier molecular flexibility index (Phi) is 4.59. The standard InChI is InChI=1S/C20H28N2O3S/c1-21-26(24,25)13-15-4-2-14(3-5-15)12-22-19(23)20-9-16-6-17(10-20)8-18(7-16)11-20/h2-5,16-18,21H,6-13H2,1H3,(H,22,23). The zero-order valence-corrected chi connectivity index (χ0v) is 16.1. The van der Waals surface area contributed by atoms with Crippen LogP contribution in [0.4, 0.5) is 0 Å². The molecule has 5 nitrogen and oxygen atoms in total. The maximum Gasteiger partial charge on any atom is 0.226 e. The summed E-state index contributed by atoms with van der Waals surface area (Å²) in [7, 11) is -1.84. The number of carbonyl (C=O) groups excluding carboxylic acids is 1. The molecule has 0 atom stereocenters. The third kappa shape index (κ3) is 3.54. The normalized spacial score (nSPS) is 32.6. The molecule has 0 unspecified atom stereocenters. The lowest BCUT2D eigenvalue weighted by Crippen LogP contribution is -2.53. The Morgan fingerprint density at radius 2 is 1.50 bits per heavy atom. The van der Waals surface area contributed by atoms with Crippen LogP contribution in [0.25, 0.3) is 0 Å². The SMILES string of the molecule is CNS(=O)(=O)Cc1ccc(CNC(=O)C23CC4CC(CC(C4)C2)C3)cc1. The molecular weight excluding hydrogens is 348 g/mol. The first-order valence-corrected chi connectivity index (χ1v) is 11.3. The van der Waals surface area contributed by atoms with Crippen LogP contribution < -0.4 is 10.0 Å². The van der Waals surface area contributed by atoms with Gasteiger partial charge in [0, 0.05) is 12.0 Å². The first kappa shape index (κ1) is 18.0. The Morgan fingerprint density at radius 3 is 2.00 bits per heavy atom. The molecule has 4 fully saturated rings. The van der Waals surface area contributed by atoms with Crippen LogP contribution in [0.1, 0.15) is 49.7 Å². The molecule has 2 N–H and O–H groups in total. The number of hydrogen-bond acceptors (Lipinski definition) is 3. The number of hydrogen-bond donors (Lipinski definition) is 2. The average molecular weight is 377 g/mol. The highest BCUT2D eigenvalue weighted by Gasteiger charge is 2.54. The summed E-state index contributed by atoms with van der Waals surface area (Å²) in [6, 6.07) is 7.45. The summed E-state index contributed by atoms with van der Waals surface area (Å²) in [5.41, 5.74) is 1.64. The van der Waals surface area contributed by atoms with Gasteiger partial charge in [-0.25, -0.2) is 13.1 Å². The Labute approximate surface area is 156 Å². The molecule has 0 saturated heterocycles. The van der Waals surface area contributed by atoms with E-state index in [2.05, 4.69) is 10.0 Å². The van der Waals surface area contributed by atoms with E-state index in [0.717, 1.165) is 48.1 Å². The Bertz CT molecular complexity index is 750. The van der Waals surface area contributed by atoms with Crippen molar-refractivity contribution in [2.75, 3.05) is 7.05 Å². The van der Waals surface area contributed by atoms with Crippen molar-refractivity contribution in [2.45, 2.75) is 50.8 Å². The predicted molar refractivity (Wildman–Crippen MR) is 101 cm³/mol. The van der Waals surface area contributed by atoms with Gasteiger partial charge in [-0.3, -0.25) is 4.79 Å². The summed E-state index contributed by atoms with van der Waals surface area (Å²) in [6.07, 6.45) is 7.24. The molecule has 4 bridgehead atoms. The highest BCUT2D eigenvalue weighted by atomic mass is 32.2. The van der Waals surface area contributed by atoms with E-state index >= 15 is 0 Å². The number of amides is 1. The minimum atomic E-state index is -3.26. The number of carbonyl (C=O) groups is 1. The lowest BCUT2D eigenvalue weighted by molar-refractivity contribution is -0.146. The topological polar surface area (TPSA) is 75.3 Å². The van der Waals surface area contributed by atoms with Crippen molar-refractivity contribution < 1.29 is 13.2 Å². The lowest BCUT2D eigenvalue weighted by Gasteiger charge is -2.55. The van der Waals surface area contributed by atoms with Gasteiger partial charge in [0.05, 0.1) is 5.75 Å². The van der Waals surface area contributed by atoms with Gasteiger partial charge >= 0.3 is 0 Å². The summed E-state index contributed by atoms with van der Waals surface area (Å²) < 4.78 is 25.5. The number of nitrogens with one attached hydrogen (secondary N) is 2. The molecule has 6 heteroatoms. The smallest absolute Gasteiger partial charge is 0.226 e. The largest absolute Gasteiger partial charge is 0.352 e. The first-order chi connectivity index (χ1) is 12.4. The maximum atomic E-state index is 13.0. The van der Waals surface area contributed by atoms with Gasteiger partial charge in [-0.15, -0.1) is 0 Å². The first-order valence-electron chi connectivity index (χ1n) is 9.65. The van der Waals surface area contributed by atoms with Gasteiger partial charge in [0.1, 0.15) is 0 Å². The maximum absolute atomic E-state index is 13.0. The molecule has 0 heterocycles. The van der Waals surface area contributed by atoms with Crippen LogP contribution in [0, 0.1) is 23.2 Å². The molecule has 1 aromatic rings. The van der Waals surface area contributed by atoms with Crippen molar-refractivity contribution >= 4 is 15.9 Å². The van der Waals surface area contributed by atoms with Crippen LogP contribution in [0.5, 0.6) is 0 Å². The van der Waals surface area contributed by atoms with Gasteiger partial charge in [-0.1, -0.05) is 24.3 Å². The zero-order chi connectivity index (χ0) is 18.4. The summed E-state index contributed by atoms with van der Waals surface area (Å²) >= 11 is 0. The lowest BCUT2D eigenvalue weighted by atomic mass is 9.49. The van der Waals surface area contributed by atoms with Crippen molar-refractivity contribution in [3.63, 3.8) is 0 Å². The average Bonchev–Trinajstić information content (AvgIpc) is 2.59. The van der Waals surface area contributed by atoms with Gasteiger partial charge in [0.15, 0.2) is 0 Å². The second-order valence-corrected chi connectivity index (χ2v) is 10.6. The molecule has 142 valence electrons. The molecular formula is C20H28N2O3S. The third-order valence-electron chi connectivity index (χ3n) is 6.66. The monoisotopic (exact) mass is 376 g/mol. The fourth-order valence-electron chi connectivity index (χ4n) is 5.80. The molecule has 4 saturated carbocycles. The molecule has 0 aromatic heterocycles. The van der Waals surface area contributed by atoms with Crippen LogP contribution in [-0.4, -0.2) is 21.4 Å². The van der Waals surface area contributed by atoms with E-state index in [-0.39, 0.29) is 17.1 Å². The van der Waals surface area contributed by atoms with Crippen molar-refractivity contribution in [3.8, 4) is 0 Å². The molecule has 0 radical (unpaired) electrons. The fraction of sp³-hybridized carbons (Fsp3) is 0.650. The van der Waals surface area contributed by atoms with Gasteiger partial charge < -0.3 is 5.32 Å². The summed E-state index contributed by atoms with van der Waals surface area (Å²) in [4.78, 5) is 13.0. The second-order valence-electron chi connectivity index (χ2n) is 8.66. The van der Waals surface area contributed by atoms with Crippen LogP contribution in [0.15, 0.2) is 24.3 Å². The van der Waals surface area contributed by atoms with E-state index in [0.29, 0.717) is 6.54 Å². The van der Waals surface area contributed by atoms with Crippen molar-refractivity contribution in [3.05, 3.63) is 35.4 Å². The van der Waals surface area contributed by atoms with Gasteiger partial charge in [-0.05, 0) is 74.5 Å². The van der Waals surface area contributed by atoms with Gasteiger partial charge in [0.2, 0.25) is 15.9 Å². The number of benzene rings is 1. The zero-order valence-electron chi connectivity index (χ0n) is 15.3.